The van der Waals surface area contributed by atoms with Gasteiger partial charge in [-0.2, -0.15) is 5.26 Å². The number of rotatable bonds is 4. The van der Waals surface area contributed by atoms with Crippen molar-refractivity contribution in [3.63, 3.8) is 0 Å². The molecule has 0 aromatic heterocycles. The van der Waals surface area contributed by atoms with Gasteiger partial charge in [0, 0.05) is 13.1 Å². The van der Waals surface area contributed by atoms with Gasteiger partial charge >= 0.3 is 0 Å². The van der Waals surface area contributed by atoms with Gasteiger partial charge in [-0.15, -0.1) is 0 Å². The minimum Gasteiger partial charge on any atom is -0.378 e. The Bertz CT molecular complexity index is 849. The zero-order valence-corrected chi connectivity index (χ0v) is 13.6. The van der Waals surface area contributed by atoms with E-state index in [9.17, 15) is 9.18 Å². The van der Waals surface area contributed by atoms with Crippen molar-refractivity contribution in [2.45, 2.75) is 0 Å². The lowest BCUT2D eigenvalue weighted by Crippen LogP contribution is -2.37. The van der Waals surface area contributed by atoms with Gasteiger partial charge in [0.05, 0.1) is 36.1 Å². The van der Waals surface area contributed by atoms with E-state index in [-0.39, 0.29) is 5.56 Å². The first-order valence-corrected chi connectivity index (χ1v) is 8.03. The number of hydrogen-bond donors (Lipinski definition) is 0. The molecule has 4 nitrogen and oxygen atoms in total. The van der Waals surface area contributed by atoms with E-state index in [0.29, 0.717) is 37.6 Å². The number of nitrogens with zero attached hydrogens (tertiary/aromatic N) is 2. The van der Waals surface area contributed by atoms with Crippen LogP contribution in [0.3, 0.4) is 0 Å². The number of morpholine rings is 1. The van der Waals surface area contributed by atoms with Crippen LogP contribution >= 0.6 is 0 Å². The number of halogens is 1. The van der Waals surface area contributed by atoms with E-state index in [1.54, 1.807) is 42.5 Å². The molecular formula is C20H17FN2O2. The third-order valence-corrected chi connectivity index (χ3v) is 4.03. The number of anilines is 1. The van der Waals surface area contributed by atoms with Crippen LogP contribution in [0, 0.1) is 17.1 Å². The molecule has 0 saturated carbocycles. The minimum absolute atomic E-state index is 0.0667. The van der Waals surface area contributed by atoms with E-state index < -0.39 is 11.6 Å². The monoisotopic (exact) mass is 336 g/mol. The lowest BCUT2D eigenvalue weighted by Gasteiger charge is -2.30. The lowest BCUT2D eigenvalue weighted by atomic mass is 10.0. The summed E-state index contributed by atoms with van der Waals surface area (Å²) in [4.78, 5) is 14.6. The Morgan fingerprint density at radius 3 is 2.72 bits per heavy atom. The van der Waals surface area contributed by atoms with Gasteiger partial charge in [-0.1, -0.05) is 24.3 Å². The minimum atomic E-state index is -0.538. The average molecular weight is 336 g/mol. The normalized spacial score (nSPS) is 14.5. The van der Waals surface area contributed by atoms with Crippen molar-refractivity contribution in [1.29, 1.82) is 5.26 Å². The molecule has 5 heteroatoms. The molecule has 25 heavy (non-hydrogen) atoms. The summed E-state index contributed by atoms with van der Waals surface area (Å²) in [6.45, 7) is 2.36. The first kappa shape index (κ1) is 16.9. The molecule has 0 bridgehead atoms. The van der Waals surface area contributed by atoms with Gasteiger partial charge in [-0.05, 0) is 35.9 Å². The Kier molecular flexibility index (Phi) is 5.22. The third-order valence-electron chi connectivity index (χ3n) is 4.03. The fraction of sp³-hybridized carbons (Fsp3) is 0.200. The van der Waals surface area contributed by atoms with Crippen molar-refractivity contribution in [2.24, 2.45) is 0 Å². The average Bonchev–Trinajstić information content (AvgIpc) is 2.66. The summed E-state index contributed by atoms with van der Waals surface area (Å²) in [5.74, 6) is -0.939. The molecule has 0 unspecified atom stereocenters. The topological polar surface area (TPSA) is 53.3 Å². The van der Waals surface area contributed by atoms with E-state index in [0.717, 1.165) is 5.56 Å². The SMILES string of the molecule is N#Cc1cccc(/C=C\C(=O)c2c(F)cccc2N2CCOCC2)c1. The van der Waals surface area contributed by atoms with Crippen molar-refractivity contribution < 1.29 is 13.9 Å². The fourth-order valence-electron chi connectivity index (χ4n) is 2.79. The molecule has 1 saturated heterocycles. The van der Waals surface area contributed by atoms with Gasteiger partial charge < -0.3 is 9.64 Å². The molecule has 0 spiro atoms. The number of ether oxygens (including phenoxy) is 1. The van der Waals surface area contributed by atoms with Crippen LogP contribution in [0.15, 0.2) is 48.5 Å². The molecule has 2 aromatic carbocycles. The molecule has 0 radical (unpaired) electrons. The van der Waals surface area contributed by atoms with E-state index in [1.807, 2.05) is 4.90 Å². The zero-order valence-electron chi connectivity index (χ0n) is 13.6. The maximum Gasteiger partial charge on any atom is 0.190 e. The number of nitriles is 1. The second-order valence-corrected chi connectivity index (χ2v) is 5.67. The summed E-state index contributed by atoms with van der Waals surface area (Å²) in [6.07, 6.45) is 2.94. The van der Waals surface area contributed by atoms with Crippen molar-refractivity contribution in [2.75, 3.05) is 31.2 Å². The largest absolute Gasteiger partial charge is 0.378 e. The summed E-state index contributed by atoms with van der Waals surface area (Å²) in [5, 5.41) is 8.93. The van der Waals surface area contributed by atoms with Crippen LogP contribution in [0.5, 0.6) is 0 Å². The standard InChI is InChI=1S/C20H17FN2O2/c21-17-5-2-6-18(23-9-11-25-12-10-23)20(17)19(24)8-7-15-3-1-4-16(13-15)14-22/h1-8,13H,9-12H2/b8-7-. The summed E-state index contributed by atoms with van der Waals surface area (Å²) in [5.41, 5.74) is 1.88. The van der Waals surface area contributed by atoms with E-state index in [4.69, 9.17) is 10.00 Å². The Labute approximate surface area is 145 Å². The molecule has 0 aliphatic carbocycles. The van der Waals surface area contributed by atoms with E-state index in [2.05, 4.69) is 6.07 Å². The van der Waals surface area contributed by atoms with Crippen LogP contribution in [0.2, 0.25) is 0 Å². The Morgan fingerprint density at radius 2 is 1.96 bits per heavy atom. The quantitative estimate of drug-likeness (QED) is 0.634. The molecule has 0 atom stereocenters. The third kappa shape index (κ3) is 3.93. The Hall–Kier alpha value is -2.97. The van der Waals surface area contributed by atoms with Gasteiger partial charge in [-0.3, -0.25) is 4.79 Å². The molecular weight excluding hydrogens is 319 g/mol. The highest BCUT2D eigenvalue weighted by Crippen LogP contribution is 2.25. The summed E-state index contributed by atoms with van der Waals surface area (Å²) < 4.78 is 19.7. The lowest BCUT2D eigenvalue weighted by molar-refractivity contribution is 0.104. The molecule has 1 aliphatic heterocycles. The van der Waals surface area contributed by atoms with Crippen LogP contribution in [-0.4, -0.2) is 32.1 Å². The smallest absolute Gasteiger partial charge is 0.190 e. The van der Waals surface area contributed by atoms with E-state index in [1.165, 1.54) is 12.1 Å². The number of carbonyl (C=O) groups is 1. The fourth-order valence-corrected chi connectivity index (χ4v) is 2.79. The molecule has 126 valence electrons. The summed E-state index contributed by atoms with van der Waals surface area (Å²) >= 11 is 0. The second-order valence-electron chi connectivity index (χ2n) is 5.67. The number of benzene rings is 2. The first-order chi connectivity index (χ1) is 12.2. The number of hydrogen-bond acceptors (Lipinski definition) is 4. The number of ketones is 1. The van der Waals surface area contributed by atoms with Crippen molar-refractivity contribution in [1.82, 2.24) is 0 Å². The highest BCUT2D eigenvalue weighted by atomic mass is 19.1. The molecule has 0 N–H and O–H groups in total. The van der Waals surface area contributed by atoms with Crippen LogP contribution in [0.25, 0.3) is 6.08 Å². The van der Waals surface area contributed by atoms with Gasteiger partial charge in [0.25, 0.3) is 0 Å². The van der Waals surface area contributed by atoms with Gasteiger partial charge in [0.1, 0.15) is 5.82 Å². The molecule has 3 rings (SSSR count). The molecule has 2 aromatic rings. The van der Waals surface area contributed by atoms with Gasteiger partial charge in [0.15, 0.2) is 5.78 Å². The van der Waals surface area contributed by atoms with Crippen molar-refractivity contribution in [3.05, 3.63) is 71.0 Å². The Balaban J connectivity index is 1.88. The van der Waals surface area contributed by atoms with Crippen molar-refractivity contribution >= 4 is 17.5 Å². The van der Waals surface area contributed by atoms with E-state index >= 15 is 0 Å². The Morgan fingerprint density at radius 1 is 1.20 bits per heavy atom. The predicted octanol–water partition coefficient (Wildman–Crippen LogP) is 3.43. The molecule has 1 heterocycles. The second kappa shape index (κ2) is 7.73. The van der Waals surface area contributed by atoms with Gasteiger partial charge in [-0.25, -0.2) is 4.39 Å². The van der Waals surface area contributed by atoms with Crippen LogP contribution in [0.1, 0.15) is 21.5 Å². The highest BCUT2D eigenvalue weighted by Gasteiger charge is 2.20. The van der Waals surface area contributed by atoms with Crippen molar-refractivity contribution in [3.8, 4) is 6.07 Å². The van der Waals surface area contributed by atoms with Gasteiger partial charge in [0.2, 0.25) is 0 Å². The molecule has 1 fully saturated rings. The molecule has 1 aliphatic rings. The molecule has 0 amide bonds. The van der Waals surface area contributed by atoms with Crippen LogP contribution < -0.4 is 4.90 Å². The zero-order chi connectivity index (χ0) is 17.6. The predicted molar refractivity (Wildman–Crippen MR) is 94.0 cm³/mol. The number of carbonyl (C=O) groups excluding carboxylic acids is 1. The van der Waals surface area contributed by atoms with Crippen LogP contribution in [-0.2, 0) is 4.74 Å². The van der Waals surface area contributed by atoms with Crippen LogP contribution in [0.4, 0.5) is 10.1 Å². The first-order valence-electron chi connectivity index (χ1n) is 8.03. The maximum atomic E-state index is 14.3. The summed E-state index contributed by atoms with van der Waals surface area (Å²) in [6, 6.07) is 13.6. The number of allylic oxidation sites excluding steroid dienone is 1. The summed E-state index contributed by atoms with van der Waals surface area (Å²) in [7, 11) is 0. The maximum absolute atomic E-state index is 14.3. The highest BCUT2D eigenvalue weighted by molar-refractivity contribution is 6.10.